The van der Waals surface area contributed by atoms with E-state index in [1.807, 2.05) is 13.0 Å². The predicted molar refractivity (Wildman–Crippen MR) is 93.9 cm³/mol. The predicted octanol–water partition coefficient (Wildman–Crippen LogP) is 2.33. The minimum Gasteiger partial charge on any atom is -0.478 e. The molecule has 0 radical (unpaired) electrons. The normalized spacial score (nSPS) is 17.1. The number of hydrogen-bond acceptors (Lipinski definition) is 4. The van der Waals surface area contributed by atoms with Crippen LogP contribution < -0.4 is 4.72 Å². The summed E-state index contributed by atoms with van der Waals surface area (Å²) >= 11 is 6.17. The van der Waals surface area contributed by atoms with Gasteiger partial charge in [0, 0.05) is 25.7 Å². The Labute approximate surface area is 147 Å². The summed E-state index contributed by atoms with van der Waals surface area (Å²) < 4.78 is 26.4. The molecule has 24 heavy (non-hydrogen) atoms. The monoisotopic (exact) mass is 374 g/mol. The Morgan fingerprint density at radius 1 is 1.38 bits per heavy atom. The number of hydrogen-bond donors (Lipinski definition) is 2. The smallest absolute Gasteiger partial charge is 0.337 e. The SMILES string of the molecule is CCCS(=O)(=O)NC1CCN(Cc2cccc(C(=O)O)c2Cl)CC1. The first-order valence-electron chi connectivity index (χ1n) is 8.05. The molecule has 1 saturated heterocycles. The lowest BCUT2D eigenvalue weighted by Crippen LogP contribution is -2.44. The number of carbonyl (C=O) groups is 1. The number of rotatable bonds is 7. The number of likely N-dealkylation sites (tertiary alicyclic amines) is 1. The van der Waals surface area contributed by atoms with E-state index in [2.05, 4.69) is 9.62 Å². The second-order valence-corrected chi connectivity index (χ2v) is 8.32. The molecule has 0 aliphatic carbocycles. The standard InChI is InChI=1S/C16H23ClN2O4S/c1-2-10-24(22,23)18-13-6-8-19(9-7-13)11-12-4-3-5-14(15(12)17)16(20)21/h3-5,13,18H,2,6-11H2,1H3,(H,20,21). The summed E-state index contributed by atoms with van der Waals surface area (Å²) in [5, 5.41) is 9.39. The van der Waals surface area contributed by atoms with E-state index < -0.39 is 16.0 Å². The number of sulfonamides is 1. The average Bonchev–Trinajstić information content (AvgIpc) is 2.50. The molecule has 8 heteroatoms. The summed E-state index contributed by atoms with van der Waals surface area (Å²) in [5.74, 6) is -0.879. The highest BCUT2D eigenvalue weighted by atomic mass is 35.5. The Morgan fingerprint density at radius 3 is 2.62 bits per heavy atom. The van der Waals surface area contributed by atoms with E-state index in [1.165, 1.54) is 6.07 Å². The molecule has 134 valence electrons. The minimum absolute atomic E-state index is 0.0291. The van der Waals surface area contributed by atoms with Gasteiger partial charge in [-0.25, -0.2) is 17.9 Å². The van der Waals surface area contributed by atoms with Gasteiger partial charge in [0.1, 0.15) is 0 Å². The maximum atomic E-state index is 11.8. The molecule has 1 heterocycles. The van der Waals surface area contributed by atoms with Crippen molar-refractivity contribution in [3.8, 4) is 0 Å². The van der Waals surface area contributed by atoms with Crippen LogP contribution in [0, 0.1) is 0 Å². The van der Waals surface area contributed by atoms with Gasteiger partial charge in [0.05, 0.1) is 16.3 Å². The van der Waals surface area contributed by atoms with Crippen LogP contribution in [0.5, 0.6) is 0 Å². The zero-order chi connectivity index (χ0) is 17.7. The maximum absolute atomic E-state index is 11.8. The van der Waals surface area contributed by atoms with Crippen molar-refractivity contribution < 1.29 is 18.3 Å². The van der Waals surface area contributed by atoms with Crippen molar-refractivity contribution in [3.05, 3.63) is 34.3 Å². The summed E-state index contributed by atoms with van der Waals surface area (Å²) in [7, 11) is -3.18. The summed E-state index contributed by atoms with van der Waals surface area (Å²) in [6.45, 7) is 3.89. The van der Waals surface area contributed by atoms with Gasteiger partial charge in [-0.1, -0.05) is 30.7 Å². The van der Waals surface area contributed by atoms with Crippen LogP contribution in [-0.2, 0) is 16.6 Å². The fourth-order valence-corrected chi connectivity index (χ4v) is 4.56. The van der Waals surface area contributed by atoms with Crippen molar-refractivity contribution in [2.75, 3.05) is 18.8 Å². The molecule has 0 spiro atoms. The Kier molecular flexibility index (Phi) is 6.62. The second kappa shape index (κ2) is 8.29. The quantitative estimate of drug-likeness (QED) is 0.764. The van der Waals surface area contributed by atoms with E-state index in [0.29, 0.717) is 13.0 Å². The highest BCUT2D eigenvalue weighted by Gasteiger charge is 2.24. The van der Waals surface area contributed by atoms with Crippen molar-refractivity contribution in [1.82, 2.24) is 9.62 Å². The van der Waals surface area contributed by atoms with Gasteiger partial charge in [-0.15, -0.1) is 0 Å². The number of aromatic carboxylic acids is 1. The van der Waals surface area contributed by atoms with Crippen molar-refractivity contribution in [2.45, 2.75) is 38.8 Å². The van der Waals surface area contributed by atoms with E-state index in [9.17, 15) is 13.2 Å². The van der Waals surface area contributed by atoms with Gasteiger partial charge < -0.3 is 5.11 Å². The topological polar surface area (TPSA) is 86.7 Å². The Bertz CT molecular complexity index is 685. The number of halogens is 1. The van der Waals surface area contributed by atoms with Crippen molar-refractivity contribution in [3.63, 3.8) is 0 Å². The molecule has 1 aliphatic rings. The van der Waals surface area contributed by atoms with E-state index in [0.717, 1.165) is 31.5 Å². The molecule has 0 saturated carbocycles. The minimum atomic E-state index is -3.18. The van der Waals surface area contributed by atoms with Crippen molar-refractivity contribution in [1.29, 1.82) is 0 Å². The van der Waals surface area contributed by atoms with Gasteiger partial charge in [-0.3, -0.25) is 4.90 Å². The third-order valence-corrected chi connectivity index (χ3v) is 6.19. The van der Waals surface area contributed by atoms with Crippen molar-refractivity contribution >= 4 is 27.6 Å². The largest absolute Gasteiger partial charge is 0.478 e. The number of nitrogens with zero attached hydrogens (tertiary/aromatic N) is 1. The number of nitrogens with one attached hydrogen (secondary N) is 1. The summed E-state index contributed by atoms with van der Waals surface area (Å²) in [5.41, 5.74) is 0.887. The van der Waals surface area contributed by atoms with Crippen LogP contribution in [-0.4, -0.2) is 49.3 Å². The van der Waals surface area contributed by atoms with E-state index in [1.54, 1.807) is 6.07 Å². The Balaban J connectivity index is 1.92. The third-order valence-electron chi connectivity index (χ3n) is 4.11. The van der Waals surface area contributed by atoms with Gasteiger partial charge in [-0.2, -0.15) is 0 Å². The van der Waals surface area contributed by atoms with Crippen LogP contribution in [0.1, 0.15) is 42.1 Å². The van der Waals surface area contributed by atoms with Gasteiger partial charge in [0.25, 0.3) is 0 Å². The Morgan fingerprint density at radius 2 is 2.04 bits per heavy atom. The summed E-state index contributed by atoms with van der Waals surface area (Å²) in [6, 6.07) is 4.97. The zero-order valence-electron chi connectivity index (χ0n) is 13.7. The number of carboxylic acid groups (broad SMARTS) is 1. The number of piperidine rings is 1. The summed E-state index contributed by atoms with van der Waals surface area (Å²) in [6.07, 6.45) is 2.07. The molecule has 1 aromatic rings. The number of carboxylic acids is 1. The molecule has 1 aliphatic heterocycles. The first kappa shape index (κ1) is 19.2. The van der Waals surface area contributed by atoms with Gasteiger partial charge >= 0.3 is 5.97 Å². The van der Waals surface area contributed by atoms with Gasteiger partial charge in [0.15, 0.2) is 0 Å². The molecule has 0 bridgehead atoms. The van der Waals surface area contributed by atoms with Crippen molar-refractivity contribution in [2.24, 2.45) is 0 Å². The average molecular weight is 375 g/mol. The molecule has 1 aromatic carbocycles. The van der Waals surface area contributed by atoms with E-state index in [4.69, 9.17) is 16.7 Å². The van der Waals surface area contributed by atoms with Crippen LogP contribution in [0.4, 0.5) is 0 Å². The van der Waals surface area contributed by atoms with Gasteiger partial charge in [-0.05, 0) is 30.9 Å². The maximum Gasteiger partial charge on any atom is 0.337 e. The van der Waals surface area contributed by atoms with Crippen LogP contribution >= 0.6 is 11.6 Å². The van der Waals surface area contributed by atoms with E-state index >= 15 is 0 Å². The number of benzene rings is 1. The van der Waals surface area contributed by atoms with Crippen LogP contribution in [0.15, 0.2) is 18.2 Å². The van der Waals surface area contributed by atoms with Crippen LogP contribution in [0.3, 0.4) is 0 Å². The highest BCUT2D eigenvalue weighted by Crippen LogP contribution is 2.24. The molecule has 0 aromatic heterocycles. The van der Waals surface area contributed by atoms with E-state index in [-0.39, 0.29) is 22.4 Å². The molecule has 0 amide bonds. The molecule has 0 atom stereocenters. The lowest BCUT2D eigenvalue weighted by Gasteiger charge is -2.32. The molecule has 0 unspecified atom stereocenters. The first-order valence-corrected chi connectivity index (χ1v) is 10.1. The molecular formula is C16H23ClN2O4S. The molecule has 6 nitrogen and oxygen atoms in total. The molecule has 2 rings (SSSR count). The fourth-order valence-electron chi connectivity index (χ4n) is 2.90. The highest BCUT2D eigenvalue weighted by molar-refractivity contribution is 7.89. The Hall–Kier alpha value is -1.15. The molecular weight excluding hydrogens is 352 g/mol. The second-order valence-electron chi connectivity index (χ2n) is 6.07. The first-order chi connectivity index (χ1) is 11.3. The van der Waals surface area contributed by atoms with Crippen LogP contribution in [0.2, 0.25) is 5.02 Å². The molecule has 2 N–H and O–H groups in total. The zero-order valence-corrected chi connectivity index (χ0v) is 15.2. The fraction of sp³-hybridized carbons (Fsp3) is 0.562. The third kappa shape index (κ3) is 5.17. The lowest BCUT2D eigenvalue weighted by atomic mass is 10.0. The lowest BCUT2D eigenvalue weighted by molar-refractivity contribution is 0.0697. The van der Waals surface area contributed by atoms with Gasteiger partial charge in [0.2, 0.25) is 10.0 Å². The van der Waals surface area contributed by atoms with Crippen LogP contribution in [0.25, 0.3) is 0 Å². The molecule has 1 fully saturated rings. The summed E-state index contributed by atoms with van der Waals surface area (Å²) in [4.78, 5) is 13.3.